The molecule has 0 unspecified atom stereocenters. The van der Waals surface area contributed by atoms with Crippen LogP contribution in [0, 0.1) is 0 Å². The highest BCUT2D eigenvalue weighted by atomic mass is 32.2. The minimum Gasteiger partial charge on any atom is -0.497 e. The summed E-state index contributed by atoms with van der Waals surface area (Å²) in [6.45, 7) is 2.32. The lowest BCUT2D eigenvalue weighted by atomic mass is 10.2. The minimum absolute atomic E-state index is 0.0675. The molecule has 1 aromatic heterocycles. The first-order valence-electron chi connectivity index (χ1n) is 6.46. The van der Waals surface area contributed by atoms with Crippen LogP contribution in [0.5, 0.6) is 5.75 Å². The van der Waals surface area contributed by atoms with Gasteiger partial charge in [-0.25, -0.2) is 13.1 Å². The largest absolute Gasteiger partial charge is 0.497 e. The van der Waals surface area contributed by atoms with Crippen molar-refractivity contribution in [1.82, 2.24) is 4.72 Å². The third-order valence-electron chi connectivity index (χ3n) is 3.15. The van der Waals surface area contributed by atoms with Gasteiger partial charge in [0.1, 0.15) is 10.6 Å². The fourth-order valence-electron chi connectivity index (χ4n) is 1.97. The van der Waals surface area contributed by atoms with Gasteiger partial charge >= 0.3 is 0 Å². The van der Waals surface area contributed by atoms with Crippen molar-refractivity contribution in [3.05, 3.63) is 40.1 Å². The maximum Gasteiger partial charge on any atom is 0.242 e. The van der Waals surface area contributed by atoms with Crippen LogP contribution in [0.4, 0.5) is 5.69 Å². The van der Waals surface area contributed by atoms with Gasteiger partial charge in [-0.2, -0.15) is 0 Å². The summed E-state index contributed by atoms with van der Waals surface area (Å²) in [5.41, 5.74) is 7.12. The lowest BCUT2D eigenvalue weighted by molar-refractivity contribution is 0.414. The van der Waals surface area contributed by atoms with Gasteiger partial charge in [0.15, 0.2) is 0 Å². The number of aryl methyl sites for hydroxylation is 1. The maximum absolute atomic E-state index is 12.3. The third kappa shape index (κ3) is 3.55. The van der Waals surface area contributed by atoms with E-state index in [1.807, 2.05) is 18.4 Å². The minimum atomic E-state index is -3.64. The third-order valence-corrected chi connectivity index (χ3v) is 5.59. The monoisotopic (exact) mass is 326 g/mol. The summed E-state index contributed by atoms with van der Waals surface area (Å²) in [5, 5.41) is 1.96. The predicted molar refractivity (Wildman–Crippen MR) is 85.1 cm³/mol. The Kier molecular flexibility index (Phi) is 4.87. The molecule has 0 saturated heterocycles. The van der Waals surface area contributed by atoms with E-state index in [9.17, 15) is 8.42 Å². The molecular weight excluding hydrogens is 308 g/mol. The van der Waals surface area contributed by atoms with E-state index in [-0.39, 0.29) is 17.1 Å². The molecule has 0 saturated carbocycles. The summed E-state index contributed by atoms with van der Waals surface area (Å²) < 4.78 is 32.3. The highest BCUT2D eigenvalue weighted by Gasteiger charge is 2.18. The fraction of sp³-hybridized carbons (Fsp3) is 0.286. The summed E-state index contributed by atoms with van der Waals surface area (Å²) in [6.07, 6.45) is 0.880. The van der Waals surface area contributed by atoms with Gasteiger partial charge < -0.3 is 10.5 Å². The smallest absolute Gasteiger partial charge is 0.242 e. The molecule has 7 heteroatoms. The Labute approximate surface area is 128 Å². The van der Waals surface area contributed by atoms with Crippen LogP contribution in [0.2, 0.25) is 0 Å². The van der Waals surface area contributed by atoms with Crippen molar-refractivity contribution in [2.24, 2.45) is 0 Å². The first-order valence-corrected chi connectivity index (χ1v) is 8.82. The van der Waals surface area contributed by atoms with Gasteiger partial charge in [0.05, 0.1) is 12.8 Å². The second-order valence-electron chi connectivity index (χ2n) is 4.45. The average Bonchev–Trinajstić information content (AvgIpc) is 2.92. The second kappa shape index (κ2) is 6.46. The molecule has 0 bridgehead atoms. The van der Waals surface area contributed by atoms with Crippen molar-refractivity contribution in [2.75, 3.05) is 12.8 Å². The molecule has 0 aliphatic rings. The molecule has 0 spiro atoms. The molecule has 5 nitrogen and oxygen atoms in total. The molecule has 3 N–H and O–H groups in total. The van der Waals surface area contributed by atoms with Crippen molar-refractivity contribution >= 4 is 27.0 Å². The topological polar surface area (TPSA) is 81.4 Å². The van der Waals surface area contributed by atoms with E-state index >= 15 is 0 Å². The fourth-order valence-corrected chi connectivity index (χ4v) is 4.09. The quantitative estimate of drug-likeness (QED) is 0.799. The van der Waals surface area contributed by atoms with Crippen LogP contribution in [0.3, 0.4) is 0 Å². The molecule has 1 aromatic carbocycles. The number of hydrogen-bond donors (Lipinski definition) is 2. The highest BCUT2D eigenvalue weighted by Crippen LogP contribution is 2.24. The van der Waals surface area contributed by atoms with Crippen LogP contribution in [0.25, 0.3) is 0 Å². The number of anilines is 1. The van der Waals surface area contributed by atoms with E-state index in [2.05, 4.69) is 4.72 Å². The Morgan fingerprint density at radius 1 is 1.33 bits per heavy atom. The van der Waals surface area contributed by atoms with E-state index in [1.165, 1.54) is 19.2 Å². The number of methoxy groups -OCH3 is 1. The first-order chi connectivity index (χ1) is 9.97. The van der Waals surface area contributed by atoms with Gasteiger partial charge in [-0.15, -0.1) is 11.3 Å². The predicted octanol–water partition coefficient (Wildman–Crippen LogP) is 2.38. The Morgan fingerprint density at radius 3 is 2.71 bits per heavy atom. The molecule has 2 rings (SSSR count). The van der Waals surface area contributed by atoms with Gasteiger partial charge in [0, 0.05) is 17.5 Å². The molecule has 21 heavy (non-hydrogen) atoms. The summed E-state index contributed by atoms with van der Waals surface area (Å²) >= 11 is 1.54. The van der Waals surface area contributed by atoms with Crippen LogP contribution < -0.4 is 15.2 Å². The van der Waals surface area contributed by atoms with Crippen molar-refractivity contribution in [3.8, 4) is 5.75 Å². The highest BCUT2D eigenvalue weighted by molar-refractivity contribution is 7.89. The number of ether oxygens (including phenoxy) is 1. The van der Waals surface area contributed by atoms with Gasteiger partial charge in [-0.05, 0) is 35.6 Å². The molecule has 0 atom stereocenters. The Morgan fingerprint density at radius 2 is 2.10 bits per heavy atom. The molecule has 0 aliphatic carbocycles. The number of nitrogens with one attached hydrogen (secondary N) is 1. The summed E-state index contributed by atoms with van der Waals surface area (Å²) in [4.78, 5) is 1.09. The van der Waals surface area contributed by atoms with Gasteiger partial charge in [0.2, 0.25) is 10.0 Å². The number of nitrogen functional groups attached to an aromatic ring is 1. The van der Waals surface area contributed by atoms with Crippen molar-refractivity contribution in [3.63, 3.8) is 0 Å². The number of rotatable bonds is 6. The summed E-state index contributed by atoms with van der Waals surface area (Å²) in [6, 6.07) is 6.53. The number of thiophene rings is 1. The Balaban J connectivity index is 2.19. The Bertz CT molecular complexity index is 724. The van der Waals surface area contributed by atoms with E-state index < -0.39 is 10.0 Å². The summed E-state index contributed by atoms with van der Waals surface area (Å²) in [5.74, 6) is 0.526. The van der Waals surface area contributed by atoms with E-state index in [0.717, 1.165) is 16.9 Å². The normalized spacial score (nSPS) is 11.5. The lowest BCUT2D eigenvalue weighted by Gasteiger charge is -2.10. The molecule has 114 valence electrons. The SMILES string of the molecule is CCc1ccsc1CNS(=O)(=O)c1ccc(OC)cc1N. The van der Waals surface area contributed by atoms with Crippen LogP contribution in [-0.2, 0) is 23.0 Å². The molecular formula is C14H18N2O3S2. The zero-order valence-electron chi connectivity index (χ0n) is 11.9. The van der Waals surface area contributed by atoms with Crippen molar-refractivity contribution in [2.45, 2.75) is 24.8 Å². The molecule has 0 fully saturated rings. The standard InChI is InChI=1S/C14H18N2O3S2/c1-3-10-6-7-20-13(10)9-16-21(17,18)14-5-4-11(19-2)8-12(14)15/h4-8,16H,3,9,15H2,1-2H3. The van der Waals surface area contributed by atoms with Crippen LogP contribution in [0.1, 0.15) is 17.4 Å². The Hall–Kier alpha value is -1.57. The van der Waals surface area contributed by atoms with Crippen molar-refractivity contribution in [1.29, 1.82) is 0 Å². The number of benzene rings is 1. The number of hydrogen-bond acceptors (Lipinski definition) is 5. The van der Waals surface area contributed by atoms with E-state index in [0.29, 0.717) is 5.75 Å². The van der Waals surface area contributed by atoms with Crippen LogP contribution >= 0.6 is 11.3 Å². The maximum atomic E-state index is 12.3. The number of nitrogens with two attached hydrogens (primary N) is 1. The number of sulfonamides is 1. The van der Waals surface area contributed by atoms with Crippen molar-refractivity contribution < 1.29 is 13.2 Å². The molecule has 2 aromatic rings. The second-order valence-corrected chi connectivity index (χ2v) is 7.19. The van der Waals surface area contributed by atoms with Crippen LogP contribution in [0.15, 0.2) is 34.5 Å². The van der Waals surface area contributed by atoms with Gasteiger partial charge in [0.25, 0.3) is 0 Å². The van der Waals surface area contributed by atoms with E-state index in [4.69, 9.17) is 10.5 Å². The molecule has 0 radical (unpaired) electrons. The zero-order valence-corrected chi connectivity index (χ0v) is 13.6. The van der Waals surface area contributed by atoms with Crippen LogP contribution in [-0.4, -0.2) is 15.5 Å². The lowest BCUT2D eigenvalue weighted by Crippen LogP contribution is -2.24. The molecule has 1 heterocycles. The van der Waals surface area contributed by atoms with Gasteiger partial charge in [-0.1, -0.05) is 6.92 Å². The first kappa shape index (κ1) is 15.8. The average molecular weight is 326 g/mol. The molecule has 0 amide bonds. The zero-order chi connectivity index (χ0) is 15.5. The van der Waals surface area contributed by atoms with E-state index in [1.54, 1.807) is 17.4 Å². The molecule has 0 aliphatic heterocycles. The van der Waals surface area contributed by atoms with Gasteiger partial charge in [-0.3, -0.25) is 0 Å². The summed E-state index contributed by atoms with van der Waals surface area (Å²) in [7, 11) is -2.14.